The Labute approximate surface area is 168 Å². The fourth-order valence-corrected chi connectivity index (χ4v) is 3.53. The van der Waals surface area contributed by atoms with Gasteiger partial charge in [-0.1, -0.05) is 18.2 Å². The summed E-state index contributed by atoms with van der Waals surface area (Å²) < 4.78 is 7.32. The lowest BCUT2D eigenvalue weighted by molar-refractivity contribution is 0.419. The van der Waals surface area contributed by atoms with Gasteiger partial charge in [-0.15, -0.1) is 5.10 Å². The number of rotatable bonds is 4. The number of aromatic nitrogens is 4. The molecule has 3 aromatic heterocycles. The van der Waals surface area contributed by atoms with Gasteiger partial charge in [0, 0.05) is 11.1 Å². The first-order chi connectivity index (χ1) is 14.1. The van der Waals surface area contributed by atoms with Crippen LogP contribution in [0.2, 0.25) is 0 Å². The third kappa shape index (κ3) is 2.99. The number of hydrogen-bond donors (Lipinski definition) is 2. The predicted molar refractivity (Wildman–Crippen MR) is 116 cm³/mol. The summed E-state index contributed by atoms with van der Waals surface area (Å²) in [6, 6.07) is 18.3. The molecule has 0 saturated carbocycles. The Kier molecular flexibility index (Phi) is 3.98. The maximum absolute atomic E-state index is 5.47. The number of fused-ring (bicyclic) bond motifs is 2. The van der Waals surface area contributed by atoms with Gasteiger partial charge < -0.3 is 15.0 Å². The van der Waals surface area contributed by atoms with Gasteiger partial charge in [0.05, 0.1) is 24.5 Å². The van der Waals surface area contributed by atoms with Crippen molar-refractivity contribution in [2.45, 2.75) is 13.8 Å². The molecule has 5 rings (SSSR count). The highest BCUT2D eigenvalue weighted by atomic mass is 16.5. The molecule has 3 heterocycles. The van der Waals surface area contributed by atoms with E-state index in [4.69, 9.17) is 9.84 Å². The fourth-order valence-electron chi connectivity index (χ4n) is 3.53. The molecule has 0 aliphatic rings. The van der Waals surface area contributed by atoms with Gasteiger partial charge in [0.15, 0.2) is 11.5 Å². The Bertz CT molecular complexity index is 1350. The quantitative estimate of drug-likeness (QED) is 0.445. The second kappa shape index (κ2) is 6.67. The van der Waals surface area contributed by atoms with E-state index in [9.17, 15) is 0 Å². The Morgan fingerprint density at radius 2 is 1.90 bits per heavy atom. The second-order valence-corrected chi connectivity index (χ2v) is 7.16. The highest BCUT2D eigenvalue weighted by Crippen LogP contribution is 2.30. The average Bonchev–Trinajstić information content (AvgIpc) is 3.34. The molecule has 6 nitrogen and oxygen atoms in total. The van der Waals surface area contributed by atoms with Crippen LogP contribution in [0.1, 0.15) is 11.1 Å². The third-order valence-corrected chi connectivity index (χ3v) is 5.26. The van der Waals surface area contributed by atoms with Crippen LogP contribution in [0.25, 0.3) is 27.9 Å². The number of imidazole rings is 1. The lowest BCUT2D eigenvalue weighted by Crippen LogP contribution is -2.00. The van der Waals surface area contributed by atoms with Crippen molar-refractivity contribution in [3.05, 3.63) is 71.9 Å². The summed E-state index contributed by atoms with van der Waals surface area (Å²) in [6.45, 7) is 4.21. The van der Waals surface area contributed by atoms with Crippen molar-refractivity contribution >= 4 is 28.1 Å². The van der Waals surface area contributed by atoms with E-state index in [0.717, 1.165) is 45.2 Å². The summed E-state index contributed by atoms with van der Waals surface area (Å²) >= 11 is 0. The van der Waals surface area contributed by atoms with E-state index in [1.807, 2.05) is 35.0 Å². The predicted octanol–water partition coefficient (Wildman–Crippen LogP) is 5.25. The highest BCUT2D eigenvalue weighted by molar-refractivity contribution is 5.90. The van der Waals surface area contributed by atoms with E-state index in [1.165, 1.54) is 11.1 Å². The van der Waals surface area contributed by atoms with E-state index in [-0.39, 0.29) is 0 Å². The standard InChI is InChI=1S/C23H21N5O/c1-14-7-8-17(11-15(14)2)25-21-9-10-22-24-13-19(28(22)27-21)18-12-16-5-4-6-20(29-3)23(16)26-18/h4-13,26H,1-3H3,(H,25,27). The third-order valence-electron chi connectivity index (χ3n) is 5.26. The van der Waals surface area contributed by atoms with Crippen LogP contribution in [-0.2, 0) is 0 Å². The number of aryl methyl sites for hydroxylation is 2. The Morgan fingerprint density at radius 1 is 1.00 bits per heavy atom. The molecule has 0 spiro atoms. The van der Waals surface area contributed by atoms with Crippen LogP contribution in [0.4, 0.5) is 11.5 Å². The van der Waals surface area contributed by atoms with Gasteiger partial charge in [-0.2, -0.15) is 0 Å². The molecule has 0 bridgehead atoms. The number of benzene rings is 2. The molecule has 0 saturated heterocycles. The molecule has 0 amide bonds. The molecule has 5 aromatic rings. The van der Waals surface area contributed by atoms with Crippen LogP contribution >= 0.6 is 0 Å². The number of ether oxygens (including phenoxy) is 1. The van der Waals surface area contributed by atoms with Crippen LogP contribution < -0.4 is 10.1 Å². The van der Waals surface area contributed by atoms with Gasteiger partial charge >= 0.3 is 0 Å². The molecule has 144 valence electrons. The minimum Gasteiger partial charge on any atom is -0.495 e. The molecule has 0 aliphatic carbocycles. The molecule has 2 aromatic carbocycles. The fraction of sp³-hybridized carbons (Fsp3) is 0.130. The second-order valence-electron chi connectivity index (χ2n) is 7.16. The Hall–Kier alpha value is -3.80. The van der Waals surface area contributed by atoms with E-state index < -0.39 is 0 Å². The number of aromatic amines is 1. The average molecular weight is 383 g/mol. The number of anilines is 2. The van der Waals surface area contributed by atoms with Gasteiger partial charge in [-0.3, -0.25) is 0 Å². The minimum atomic E-state index is 0.758. The van der Waals surface area contributed by atoms with E-state index in [2.05, 4.69) is 59.5 Å². The summed E-state index contributed by atoms with van der Waals surface area (Å²) in [7, 11) is 1.68. The largest absolute Gasteiger partial charge is 0.495 e. The number of nitrogens with one attached hydrogen (secondary N) is 2. The molecular formula is C23H21N5O. The van der Waals surface area contributed by atoms with Crippen molar-refractivity contribution in [1.82, 2.24) is 19.6 Å². The molecule has 6 heteroatoms. The molecule has 0 radical (unpaired) electrons. The van der Waals surface area contributed by atoms with E-state index in [1.54, 1.807) is 7.11 Å². The van der Waals surface area contributed by atoms with Crippen molar-refractivity contribution in [2.24, 2.45) is 0 Å². The number of para-hydroxylation sites is 1. The number of hydrogen-bond acceptors (Lipinski definition) is 4. The van der Waals surface area contributed by atoms with Crippen molar-refractivity contribution in [1.29, 1.82) is 0 Å². The zero-order valence-corrected chi connectivity index (χ0v) is 16.5. The topological polar surface area (TPSA) is 67.2 Å². The van der Waals surface area contributed by atoms with Crippen molar-refractivity contribution in [2.75, 3.05) is 12.4 Å². The number of nitrogens with zero attached hydrogens (tertiary/aromatic N) is 3. The first-order valence-electron chi connectivity index (χ1n) is 9.47. The molecule has 0 atom stereocenters. The van der Waals surface area contributed by atoms with Crippen LogP contribution in [-0.4, -0.2) is 26.7 Å². The van der Waals surface area contributed by atoms with Crippen molar-refractivity contribution in [3.63, 3.8) is 0 Å². The maximum atomic E-state index is 5.47. The molecule has 0 fully saturated rings. The van der Waals surface area contributed by atoms with Gasteiger partial charge in [-0.05, 0) is 61.4 Å². The summed E-state index contributed by atoms with van der Waals surface area (Å²) in [4.78, 5) is 7.95. The zero-order valence-electron chi connectivity index (χ0n) is 16.5. The SMILES string of the molecule is COc1cccc2cc(-c3cnc4ccc(Nc5ccc(C)c(C)c5)nn34)[nH]c12. The van der Waals surface area contributed by atoms with E-state index in [0.29, 0.717) is 0 Å². The molecule has 0 aliphatic heterocycles. The number of H-pyrrole nitrogens is 1. The van der Waals surface area contributed by atoms with Crippen LogP contribution in [0.15, 0.2) is 60.8 Å². The van der Waals surface area contributed by atoms with Crippen LogP contribution in [0.5, 0.6) is 5.75 Å². The van der Waals surface area contributed by atoms with Gasteiger partial charge in [-0.25, -0.2) is 9.50 Å². The zero-order chi connectivity index (χ0) is 20.0. The maximum Gasteiger partial charge on any atom is 0.154 e. The summed E-state index contributed by atoms with van der Waals surface area (Å²) in [6.07, 6.45) is 1.83. The monoisotopic (exact) mass is 383 g/mol. The highest BCUT2D eigenvalue weighted by Gasteiger charge is 2.13. The Balaban J connectivity index is 1.57. The van der Waals surface area contributed by atoms with Crippen LogP contribution in [0.3, 0.4) is 0 Å². The van der Waals surface area contributed by atoms with Gasteiger partial charge in [0.25, 0.3) is 0 Å². The summed E-state index contributed by atoms with van der Waals surface area (Å²) in [5.41, 5.74) is 7.10. The van der Waals surface area contributed by atoms with Crippen molar-refractivity contribution in [3.8, 4) is 17.1 Å². The molecule has 0 unspecified atom stereocenters. The normalized spacial score (nSPS) is 11.3. The smallest absolute Gasteiger partial charge is 0.154 e. The first kappa shape index (κ1) is 17.3. The molecular weight excluding hydrogens is 362 g/mol. The van der Waals surface area contributed by atoms with Crippen molar-refractivity contribution < 1.29 is 4.74 Å². The summed E-state index contributed by atoms with van der Waals surface area (Å²) in [5.74, 6) is 1.57. The minimum absolute atomic E-state index is 0.758. The lowest BCUT2D eigenvalue weighted by Gasteiger charge is -2.09. The van der Waals surface area contributed by atoms with Gasteiger partial charge in [0.2, 0.25) is 0 Å². The Morgan fingerprint density at radius 3 is 2.72 bits per heavy atom. The van der Waals surface area contributed by atoms with Gasteiger partial charge in [0.1, 0.15) is 11.4 Å². The number of methoxy groups -OCH3 is 1. The first-order valence-corrected chi connectivity index (χ1v) is 9.47. The van der Waals surface area contributed by atoms with Crippen LogP contribution in [0, 0.1) is 13.8 Å². The lowest BCUT2D eigenvalue weighted by atomic mass is 10.1. The van der Waals surface area contributed by atoms with E-state index >= 15 is 0 Å². The molecule has 29 heavy (non-hydrogen) atoms. The summed E-state index contributed by atoms with van der Waals surface area (Å²) in [5, 5.41) is 9.23. The molecule has 2 N–H and O–H groups in total.